The number of aromatic nitrogens is 3. The molecule has 0 aliphatic rings. The fourth-order valence-corrected chi connectivity index (χ4v) is 3.32. The number of hydrogen-bond acceptors (Lipinski definition) is 3. The summed E-state index contributed by atoms with van der Waals surface area (Å²) in [5.74, 6) is -1.04. The molecule has 4 rings (SSSR count). The van der Waals surface area contributed by atoms with Crippen molar-refractivity contribution in [2.75, 3.05) is 5.32 Å². The topological polar surface area (TPSA) is 59.8 Å². The minimum absolute atomic E-state index is 0.00402. The molecule has 5 nitrogen and oxygen atoms in total. The number of nitrogens with zero attached hydrogens (tertiary/aromatic N) is 3. The molecular formula is C21H14ClF3N4O. The van der Waals surface area contributed by atoms with Gasteiger partial charge in [0, 0.05) is 29.9 Å². The number of para-hydroxylation sites is 1. The number of fused-ring (bicyclic) bond motifs is 1. The molecule has 0 atom stereocenters. The minimum Gasteiger partial charge on any atom is -0.319 e. The molecule has 0 bridgehead atoms. The van der Waals surface area contributed by atoms with E-state index in [2.05, 4.69) is 15.3 Å². The van der Waals surface area contributed by atoms with E-state index in [0.717, 1.165) is 21.3 Å². The fraction of sp³-hybridized carbons (Fsp3) is 0.0952. The summed E-state index contributed by atoms with van der Waals surface area (Å²) in [5.41, 5.74) is 1.27. The number of pyridine rings is 1. The molecule has 0 saturated carbocycles. The van der Waals surface area contributed by atoms with Crippen molar-refractivity contribution in [2.45, 2.75) is 12.6 Å². The number of nitrogens with one attached hydrogen (secondary N) is 1. The number of alkyl halides is 3. The Morgan fingerprint density at radius 3 is 2.33 bits per heavy atom. The summed E-state index contributed by atoms with van der Waals surface area (Å²) >= 11 is 6.08. The molecule has 0 unspecified atom stereocenters. The zero-order chi connectivity index (χ0) is 21.3. The summed E-state index contributed by atoms with van der Waals surface area (Å²) in [7, 11) is 0. The van der Waals surface area contributed by atoms with Gasteiger partial charge >= 0.3 is 6.18 Å². The summed E-state index contributed by atoms with van der Waals surface area (Å²) < 4.78 is 40.4. The van der Waals surface area contributed by atoms with Crippen molar-refractivity contribution < 1.29 is 18.0 Å². The van der Waals surface area contributed by atoms with Crippen molar-refractivity contribution in [2.24, 2.45) is 0 Å². The zero-order valence-electron chi connectivity index (χ0n) is 15.3. The fourth-order valence-electron chi connectivity index (χ4n) is 3.07. The highest BCUT2D eigenvalue weighted by Gasteiger charge is 2.34. The summed E-state index contributed by atoms with van der Waals surface area (Å²) in [6, 6.07) is 14.4. The third kappa shape index (κ3) is 3.99. The summed E-state index contributed by atoms with van der Waals surface area (Å²) in [5, 5.41) is 2.61. The molecular weight excluding hydrogens is 417 g/mol. The highest BCUT2D eigenvalue weighted by Crippen LogP contribution is 2.35. The van der Waals surface area contributed by atoms with Crippen LogP contribution in [0.3, 0.4) is 0 Å². The average molecular weight is 431 g/mol. The van der Waals surface area contributed by atoms with Crippen LogP contribution in [0.2, 0.25) is 0 Å². The van der Waals surface area contributed by atoms with Crippen LogP contribution in [0.5, 0.6) is 0 Å². The van der Waals surface area contributed by atoms with Crippen molar-refractivity contribution in [1.82, 2.24) is 14.1 Å². The molecule has 0 radical (unpaired) electrons. The lowest BCUT2D eigenvalue weighted by atomic mass is 10.1. The van der Waals surface area contributed by atoms with Gasteiger partial charge in [0.05, 0.1) is 11.1 Å². The molecule has 30 heavy (non-hydrogen) atoms. The largest absolute Gasteiger partial charge is 0.418 e. The predicted octanol–water partition coefficient (Wildman–Crippen LogP) is 5.30. The Labute approximate surface area is 174 Å². The van der Waals surface area contributed by atoms with Gasteiger partial charge in [0.2, 0.25) is 5.82 Å². The van der Waals surface area contributed by atoms with Gasteiger partial charge in [-0.1, -0.05) is 18.2 Å². The molecule has 1 amide bonds. The Morgan fingerprint density at radius 2 is 1.67 bits per heavy atom. The Morgan fingerprint density at radius 1 is 1.00 bits per heavy atom. The van der Waals surface area contributed by atoms with Crippen molar-refractivity contribution in [3.05, 3.63) is 89.5 Å². The lowest BCUT2D eigenvalue weighted by Gasteiger charge is -2.06. The molecule has 0 aliphatic carbocycles. The van der Waals surface area contributed by atoms with Crippen LogP contribution in [0.4, 0.5) is 18.9 Å². The first-order valence-electron chi connectivity index (χ1n) is 8.87. The molecule has 2 heterocycles. The van der Waals surface area contributed by atoms with Crippen LogP contribution < -0.4 is 5.32 Å². The number of imidazole rings is 1. The van der Waals surface area contributed by atoms with E-state index < -0.39 is 17.6 Å². The van der Waals surface area contributed by atoms with E-state index in [-0.39, 0.29) is 16.9 Å². The number of carbonyl (C=O) groups is 1. The van der Waals surface area contributed by atoms with Crippen LogP contribution >= 0.6 is 11.8 Å². The van der Waals surface area contributed by atoms with E-state index in [4.69, 9.17) is 11.8 Å². The first-order chi connectivity index (χ1) is 14.3. The third-order valence-electron chi connectivity index (χ3n) is 4.51. The van der Waals surface area contributed by atoms with Crippen LogP contribution in [0, 0.1) is 0 Å². The molecule has 2 aromatic heterocycles. The maximum Gasteiger partial charge on any atom is 0.418 e. The van der Waals surface area contributed by atoms with Gasteiger partial charge in [0.15, 0.2) is 0 Å². The molecule has 2 aromatic carbocycles. The van der Waals surface area contributed by atoms with Gasteiger partial charge in [-0.25, -0.2) is 9.07 Å². The summed E-state index contributed by atoms with van der Waals surface area (Å²) in [4.78, 5) is 20.4. The number of halogens is 4. The maximum absolute atomic E-state index is 13.2. The second-order valence-corrected chi connectivity index (χ2v) is 6.91. The molecule has 1 N–H and O–H groups in total. The maximum atomic E-state index is 13.2. The standard InChI is InChI=1S/C21H14ClF3N4O/c22-29-17-3-1-2-16(21(23,24)25)18(17)28-19(29)20(30)27-15-6-4-13(5-7-15)12-14-8-10-26-11-9-14/h1-11H,12H2,(H,27,30). The molecule has 0 aliphatic heterocycles. The number of rotatable bonds is 4. The number of anilines is 1. The first-order valence-corrected chi connectivity index (χ1v) is 9.21. The molecule has 0 fully saturated rings. The predicted molar refractivity (Wildman–Crippen MR) is 107 cm³/mol. The van der Waals surface area contributed by atoms with Crippen LogP contribution in [-0.4, -0.2) is 20.0 Å². The zero-order valence-corrected chi connectivity index (χ0v) is 16.1. The van der Waals surface area contributed by atoms with Crippen LogP contribution in [0.1, 0.15) is 27.3 Å². The highest BCUT2D eigenvalue weighted by molar-refractivity contribution is 6.22. The SMILES string of the molecule is O=C(Nc1ccc(Cc2ccncc2)cc1)c1nc2c(C(F)(F)F)cccc2n1Cl. The normalized spacial score (nSPS) is 11.6. The van der Waals surface area contributed by atoms with Gasteiger partial charge in [-0.15, -0.1) is 0 Å². The monoisotopic (exact) mass is 430 g/mol. The van der Waals surface area contributed by atoms with Crippen molar-refractivity contribution in [3.8, 4) is 0 Å². The van der Waals surface area contributed by atoms with Gasteiger partial charge in [0.1, 0.15) is 5.52 Å². The second kappa shape index (κ2) is 7.79. The third-order valence-corrected chi connectivity index (χ3v) is 4.85. The van der Waals surface area contributed by atoms with E-state index in [1.54, 1.807) is 24.5 Å². The molecule has 0 saturated heterocycles. The number of carbonyl (C=O) groups excluding carboxylic acids is 1. The van der Waals surface area contributed by atoms with E-state index in [1.807, 2.05) is 24.3 Å². The Bertz CT molecular complexity index is 1200. The number of benzene rings is 2. The minimum atomic E-state index is -4.61. The Kier molecular flexibility index (Phi) is 5.17. The van der Waals surface area contributed by atoms with Crippen molar-refractivity contribution in [3.63, 3.8) is 0 Å². The summed E-state index contributed by atoms with van der Waals surface area (Å²) in [6.45, 7) is 0. The average Bonchev–Trinajstić information content (AvgIpc) is 3.06. The molecule has 4 aromatic rings. The van der Waals surface area contributed by atoms with E-state index >= 15 is 0 Å². The number of hydrogen-bond donors (Lipinski definition) is 1. The van der Waals surface area contributed by atoms with Gasteiger partial charge in [-0.3, -0.25) is 9.78 Å². The summed E-state index contributed by atoms with van der Waals surface area (Å²) in [6.07, 6.45) is -0.476. The van der Waals surface area contributed by atoms with E-state index in [1.165, 1.54) is 12.1 Å². The molecule has 9 heteroatoms. The Balaban J connectivity index is 1.55. The van der Waals surface area contributed by atoms with Crippen LogP contribution in [-0.2, 0) is 12.6 Å². The van der Waals surface area contributed by atoms with Gasteiger partial charge < -0.3 is 5.32 Å². The molecule has 0 spiro atoms. The second-order valence-electron chi connectivity index (χ2n) is 6.57. The van der Waals surface area contributed by atoms with Gasteiger partial charge in [0.25, 0.3) is 5.91 Å². The number of amides is 1. The van der Waals surface area contributed by atoms with Gasteiger partial charge in [-0.05, 0) is 53.9 Å². The molecule has 152 valence electrons. The van der Waals surface area contributed by atoms with E-state index in [0.29, 0.717) is 12.1 Å². The lowest BCUT2D eigenvalue weighted by molar-refractivity contribution is -0.136. The highest BCUT2D eigenvalue weighted by atomic mass is 35.5. The quantitative estimate of drug-likeness (QED) is 0.478. The van der Waals surface area contributed by atoms with Crippen molar-refractivity contribution >= 4 is 34.4 Å². The lowest BCUT2D eigenvalue weighted by Crippen LogP contribution is -2.15. The Hall–Kier alpha value is -3.39. The first kappa shape index (κ1) is 19.9. The van der Waals surface area contributed by atoms with Crippen LogP contribution in [0.15, 0.2) is 67.0 Å². The smallest absolute Gasteiger partial charge is 0.319 e. The van der Waals surface area contributed by atoms with Crippen molar-refractivity contribution in [1.29, 1.82) is 0 Å². The van der Waals surface area contributed by atoms with Crippen LogP contribution in [0.25, 0.3) is 11.0 Å². The van der Waals surface area contributed by atoms with E-state index in [9.17, 15) is 18.0 Å². The van der Waals surface area contributed by atoms with Gasteiger partial charge in [-0.2, -0.15) is 13.2 Å².